The second-order valence-corrected chi connectivity index (χ2v) is 6.80. The summed E-state index contributed by atoms with van der Waals surface area (Å²) in [5.74, 6) is -0.693. The lowest BCUT2D eigenvalue weighted by molar-refractivity contribution is -0.124. The SMILES string of the molecule is CN(C)c1ccc(/C=N\NC(=O)CCC(=O)Nc2cc(Cl)ccc2Cl)cc1. The Morgan fingerprint density at radius 1 is 1.04 bits per heavy atom. The lowest BCUT2D eigenvalue weighted by Crippen LogP contribution is -2.20. The summed E-state index contributed by atoms with van der Waals surface area (Å²) in [6.45, 7) is 0. The highest BCUT2D eigenvalue weighted by Gasteiger charge is 2.09. The summed E-state index contributed by atoms with van der Waals surface area (Å²) in [4.78, 5) is 25.7. The van der Waals surface area contributed by atoms with E-state index in [9.17, 15) is 9.59 Å². The first kappa shape index (κ1) is 20.7. The molecule has 2 rings (SSSR count). The van der Waals surface area contributed by atoms with Gasteiger partial charge in [-0.3, -0.25) is 9.59 Å². The number of nitrogens with zero attached hydrogens (tertiary/aromatic N) is 2. The number of nitrogens with one attached hydrogen (secondary N) is 2. The average molecular weight is 407 g/mol. The molecule has 2 aromatic rings. The second-order valence-electron chi connectivity index (χ2n) is 5.95. The van der Waals surface area contributed by atoms with E-state index < -0.39 is 0 Å². The van der Waals surface area contributed by atoms with Crippen LogP contribution in [0.4, 0.5) is 11.4 Å². The van der Waals surface area contributed by atoms with Crippen molar-refractivity contribution < 1.29 is 9.59 Å². The van der Waals surface area contributed by atoms with E-state index in [-0.39, 0.29) is 24.7 Å². The first-order valence-electron chi connectivity index (χ1n) is 8.19. The Morgan fingerprint density at radius 2 is 1.70 bits per heavy atom. The maximum absolute atomic E-state index is 11.9. The number of halogens is 2. The van der Waals surface area contributed by atoms with Crippen molar-refractivity contribution in [3.8, 4) is 0 Å². The van der Waals surface area contributed by atoms with Crippen LogP contribution in [0.25, 0.3) is 0 Å². The van der Waals surface area contributed by atoms with E-state index in [1.807, 2.05) is 43.3 Å². The molecule has 8 heteroatoms. The molecule has 0 heterocycles. The fourth-order valence-electron chi connectivity index (χ4n) is 2.13. The van der Waals surface area contributed by atoms with Gasteiger partial charge in [0.25, 0.3) is 0 Å². The van der Waals surface area contributed by atoms with E-state index in [1.165, 1.54) is 0 Å². The number of hydrogen-bond donors (Lipinski definition) is 2. The molecule has 0 aliphatic rings. The molecule has 6 nitrogen and oxygen atoms in total. The van der Waals surface area contributed by atoms with Crippen molar-refractivity contribution >= 4 is 52.6 Å². The van der Waals surface area contributed by atoms with Gasteiger partial charge < -0.3 is 10.2 Å². The molecule has 142 valence electrons. The van der Waals surface area contributed by atoms with Crippen molar-refractivity contribution in [1.82, 2.24) is 5.43 Å². The Bertz CT molecular complexity index is 836. The number of anilines is 2. The van der Waals surface area contributed by atoms with Crippen LogP contribution in [0.2, 0.25) is 10.0 Å². The van der Waals surface area contributed by atoms with E-state index >= 15 is 0 Å². The predicted octanol–water partition coefficient (Wildman–Crippen LogP) is 3.93. The van der Waals surface area contributed by atoms with Crippen molar-refractivity contribution in [2.75, 3.05) is 24.3 Å². The minimum absolute atomic E-state index is 0.000918. The summed E-state index contributed by atoms with van der Waals surface area (Å²) in [5.41, 5.74) is 4.74. The first-order chi connectivity index (χ1) is 12.8. The number of hydrazone groups is 1. The highest BCUT2D eigenvalue weighted by molar-refractivity contribution is 6.35. The molecule has 0 aliphatic carbocycles. The Hall–Kier alpha value is -2.57. The molecule has 27 heavy (non-hydrogen) atoms. The van der Waals surface area contributed by atoms with Gasteiger partial charge in [0.15, 0.2) is 0 Å². The van der Waals surface area contributed by atoms with E-state index in [1.54, 1.807) is 24.4 Å². The second kappa shape index (κ2) is 9.94. The zero-order valence-electron chi connectivity index (χ0n) is 15.0. The zero-order valence-corrected chi connectivity index (χ0v) is 16.5. The summed E-state index contributed by atoms with van der Waals surface area (Å²) < 4.78 is 0. The summed E-state index contributed by atoms with van der Waals surface area (Å²) in [6, 6.07) is 12.5. The monoisotopic (exact) mass is 406 g/mol. The van der Waals surface area contributed by atoms with Crippen molar-refractivity contribution in [1.29, 1.82) is 0 Å². The van der Waals surface area contributed by atoms with Crippen LogP contribution < -0.4 is 15.6 Å². The third kappa shape index (κ3) is 6.92. The molecule has 0 radical (unpaired) electrons. The number of carbonyl (C=O) groups is 2. The van der Waals surface area contributed by atoms with Gasteiger partial charge in [-0.15, -0.1) is 0 Å². The van der Waals surface area contributed by atoms with Gasteiger partial charge in [0.1, 0.15) is 0 Å². The highest BCUT2D eigenvalue weighted by Crippen LogP contribution is 2.25. The summed E-state index contributed by atoms with van der Waals surface area (Å²) in [6.07, 6.45) is 1.55. The number of hydrogen-bond acceptors (Lipinski definition) is 4. The normalized spacial score (nSPS) is 10.7. The van der Waals surface area contributed by atoms with Gasteiger partial charge in [-0.25, -0.2) is 5.43 Å². The van der Waals surface area contributed by atoms with Gasteiger partial charge in [-0.1, -0.05) is 35.3 Å². The largest absolute Gasteiger partial charge is 0.378 e. The Labute approximate surface area is 168 Å². The molecule has 0 aliphatic heterocycles. The van der Waals surface area contributed by atoms with E-state index in [4.69, 9.17) is 23.2 Å². The molecular formula is C19H20Cl2N4O2. The molecule has 0 unspecified atom stereocenters. The lowest BCUT2D eigenvalue weighted by Gasteiger charge is -2.11. The molecule has 0 saturated carbocycles. The standard InChI is InChI=1S/C19H20Cl2N4O2/c1-25(2)15-6-3-13(4-7-15)12-22-24-19(27)10-9-18(26)23-17-11-14(20)5-8-16(17)21/h3-8,11-12H,9-10H2,1-2H3,(H,23,26)(H,24,27)/b22-12-. The third-order valence-electron chi connectivity index (χ3n) is 3.59. The van der Waals surface area contributed by atoms with Crippen LogP contribution in [-0.2, 0) is 9.59 Å². The summed E-state index contributed by atoms with van der Waals surface area (Å²) >= 11 is 11.8. The van der Waals surface area contributed by atoms with Gasteiger partial charge >= 0.3 is 0 Å². The number of amides is 2. The maximum Gasteiger partial charge on any atom is 0.240 e. The van der Waals surface area contributed by atoms with Crippen molar-refractivity contribution in [2.24, 2.45) is 5.10 Å². The van der Waals surface area contributed by atoms with Gasteiger partial charge in [-0.2, -0.15) is 5.10 Å². The molecule has 2 aromatic carbocycles. The van der Waals surface area contributed by atoms with Crippen molar-refractivity contribution in [2.45, 2.75) is 12.8 Å². The highest BCUT2D eigenvalue weighted by atomic mass is 35.5. The topological polar surface area (TPSA) is 73.8 Å². The fourth-order valence-corrected chi connectivity index (χ4v) is 2.46. The molecule has 0 saturated heterocycles. The van der Waals surface area contributed by atoms with Crippen LogP contribution in [-0.4, -0.2) is 32.1 Å². The van der Waals surface area contributed by atoms with Crippen molar-refractivity contribution in [3.05, 3.63) is 58.1 Å². The van der Waals surface area contributed by atoms with E-state index in [2.05, 4.69) is 15.8 Å². The van der Waals surface area contributed by atoms with Crippen LogP contribution in [0.5, 0.6) is 0 Å². The average Bonchev–Trinajstić information content (AvgIpc) is 2.63. The van der Waals surface area contributed by atoms with E-state index in [0.717, 1.165) is 11.3 Å². The van der Waals surface area contributed by atoms with Crippen LogP contribution in [0.1, 0.15) is 18.4 Å². The number of benzene rings is 2. The predicted molar refractivity (Wildman–Crippen MR) is 111 cm³/mol. The van der Waals surface area contributed by atoms with Crippen molar-refractivity contribution in [3.63, 3.8) is 0 Å². The van der Waals surface area contributed by atoms with Crippen LogP contribution in [0.3, 0.4) is 0 Å². The Morgan fingerprint density at radius 3 is 2.37 bits per heavy atom. The number of carbonyl (C=O) groups excluding carboxylic acids is 2. The Balaban J connectivity index is 1.76. The molecule has 2 amide bonds. The fraction of sp³-hybridized carbons (Fsp3) is 0.211. The first-order valence-corrected chi connectivity index (χ1v) is 8.95. The van der Waals surface area contributed by atoms with Crippen LogP contribution >= 0.6 is 23.2 Å². The van der Waals surface area contributed by atoms with E-state index in [0.29, 0.717) is 15.7 Å². The smallest absolute Gasteiger partial charge is 0.240 e. The van der Waals surface area contributed by atoms with Gasteiger partial charge in [0, 0.05) is 37.6 Å². The molecule has 0 aromatic heterocycles. The molecular weight excluding hydrogens is 387 g/mol. The molecule has 2 N–H and O–H groups in total. The summed E-state index contributed by atoms with van der Waals surface area (Å²) in [5, 5.41) is 7.36. The minimum atomic E-state index is -0.358. The lowest BCUT2D eigenvalue weighted by atomic mass is 10.2. The van der Waals surface area contributed by atoms with Gasteiger partial charge in [0.05, 0.1) is 16.9 Å². The molecule has 0 atom stereocenters. The Kier molecular flexibility index (Phi) is 7.64. The zero-order chi connectivity index (χ0) is 19.8. The minimum Gasteiger partial charge on any atom is -0.378 e. The quantitative estimate of drug-likeness (QED) is 0.540. The maximum atomic E-state index is 11.9. The van der Waals surface area contributed by atoms with Gasteiger partial charge in [-0.05, 0) is 35.9 Å². The molecule has 0 spiro atoms. The third-order valence-corrected chi connectivity index (χ3v) is 4.16. The number of rotatable bonds is 7. The molecule has 0 bridgehead atoms. The van der Waals surface area contributed by atoms with Crippen LogP contribution in [0, 0.1) is 0 Å². The summed E-state index contributed by atoms with van der Waals surface area (Å²) in [7, 11) is 3.92. The van der Waals surface area contributed by atoms with Gasteiger partial charge in [0.2, 0.25) is 11.8 Å². The van der Waals surface area contributed by atoms with Crippen LogP contribution in [0.15, 0.2) is 47.6 Å². The molecule has 0 fully saturated rings.